The maximum atomic E-state index is 12.1. The molecule has 1 saturated heterocycles. The maximum absolute atomic E-state index is 12.1. The second-order valence-corrected chi connectivity index (χ2v) is 7.02. The van der Waals surface area contributed by atoms with Gasteiger partial charge >= 0.3 is 0 Å². The molecular formula is C18H25N5O3. The highest BCUT2D eigenvalue weighted by Gasteiger charge is 2.34. The molecule has 0 radical (unpaired) electrons. The number of nitrogens with one attached hydrogen (secondary N) is 1. The van der Waals surface area contributed by atoms with Crippen LogP contribution in [-0.4, -0.2) is 32.7 Å². The number of aryl methyl sites for hydroxylation is 1. The molecule has 0 saturated carbocycles. The average molecular weight is 359 g/mol. The van der Waals surface area contributed by atoms with Gasteiger partial charge in [-0.05, 0) is 25.8 Å². The summed E-state index contributed by atoms with van der Waals surface area (Å²) in [4.78, 5) is 20.9. The van der Waals surface area contributed by atoms with Gasteiger partial charge in [-0.25, -0.2) is 9.97 Å². The quantitative estimate of drug-likeness (QED) is 0.808. The molecule has 2 aromatic heterocycles. The monoisotopic (exact) mass is 359 g/mol. The number of nitrogens with zero attached hydrogens (tertiary/aromatic N) is 4. The van der Waals surface area contributed by atoms with Crippen LogP contribution in [0.3, 0.4) is 0 Å². The lowest BCUT2D eigenvalue weighted by molar-refractivity contribution is -0.121. The number of carbonyl (C=O) groups excluding carboxylic acids is 1. The molecule has 0 spiro atoms. The molecule has 0 bridgehead atoms. The minimum Gasteiger partial charge on any atom is -0.425 e. The summed E-state index contributed by atoms with van der Waals surface area (Å²) in [5.41, 5.74) is 0.339. The van der Waals surface area contributed by atoms with Crippen molar-refractivity contribution in [2.45, 2.75) is 64.5 Å². The number of hydrogen-bond donors (Lipinski definition) is 1. The van der Waals surface area contributed by atoms with Crippen LogP contribution in [0, 0.1) is 0 Å². The Morgan fingerprint density at radius 1 is 1.38 bits per heavy atom. The molecule has 0 aliphatic carbocycles. The van der Waals surface area contributed by atoms with E-state index in [1.165, 1.54) is 0 Å². The van der Waals surface area contributed by atoms with Crippen LogP contribution in [0.1, 0.15) is 69.3 Å². The van der Waals surface area contributed by atoms with E-state index in [0.29, 0.717) is 37.0 Å². The van der Waals surface area contributed by atoms with Crippen molar-refractivity contribution in [3.63, 3.8) is 0 Å². The van der Waals surface area contributed by atoms with Crippen molar-refractivity contribution in [3.8, 4) is 0 Å². The Bertz CT molecular complexity index is 753. The van der Waals surface area contributed by atoms with Crippen LogP contribution in [0.4, 0.5) is 0 Å². The molecule has 1 aliphatic rings. The van der Waals surface area contributed by atoms with Crippen LogP contribution in [0.15, 0.2) is 16.7 Å². The first kappa shape index (κ1) is 18.4. The SMILES string of the molecule is CC(C)c1nnc(CCC(=O)NCc2ccnc(C3(C)CCCO3)n2)o1. The molecule has 26 heavy (non-hydrogen) atoms. The number of aromatic nitrogens is 4. The number of amides is 1. The van der Waals surface area contributed by atoms with Gasteiger partial charge in [0.15, 0.2) is 5.82 Å². The third-order valence-electron chi connectivity index (χ3n) is 4.41. The second kappa shape index (κ2) is 7.90. The van der Waals surface area contributed by atoms with Gasteiger partial charge in [0.1, 0.15) is 5.60 Å². The summed E-state index contributed by atoms with van der Waals surface area (Å²) in [6.45, 7) is 7.06. The van der Waals surface area contributed by atoms with Crippen LogP contribution >= 0.6 is 0 Å². The molecule has 8 heteroatoms. The summed E-state index contributed by atoms with van der Waals surface area (Å²) in [7, 11) is 0. The van der Waals surface area contributed by atoms with Crippen molar-refractivity contribution in [1.82, 2.24) is 25.5 Å². The highest BCUT2D eigenvalue weighted by Crippen LogP contribution is 2.33. The summed E-state index contributed by atoms with van der Waals surface area (Å²) in [5, 5.41) is 10.8. The van der Waals surface area contributed by atoms with Crippen LogP contribution in [0.5, 0.6) is 0 Å². The standard InChI is InChI=1S/C18H25N5O3/c1-12(2)16-23-22-15(26-16)6-5-14(24)20-11-13-7-9-19-17(21-13)18(3)8-4-10-25-18/h7,9,12H,4-6,8,10-11H2,1-3H3,(H,20,24). The first-order valence-electron chi connectivity index (χ1n) is 9.01. The summed E-state index contributed by atoms with van der Waals surface area (Å²) < 4.78 is 11.3. The van der Waals surface area contributed by atoms with Gasteiger partial charge in [-0.1, -0.05) is 13.8 Å². The van der Waals surface area contributed by atoms with E-state index in [1.807, 2.05) is 20.8 Å². The van der Waals surface area contributed by atoms with Crippen LogP contribution in [0.25, 0.3) is 0 Å². The summed E-state index contributed by atoms with van der Waals surface area (Å²) >= 11 is 0. The third kappa shape index (κ3) is 4.43. The molecule has 1 fully saturated rings. The molecule has 3 rings (SSSR count). The molecule has 2 aromatic rings. The number of ether oxygens (including phenoxy) is 1. The Morgan fingerprint density at radius 2 is 2.23 bits per heavy atom. The summed E-state index contributed by atoms with van der Waals surface area (Å²) in [5.74, 6) is 1.85. The topological polar surface area (TPSA) is 103 Å². The predicted molar refractivity (Wildman–Crippen MR) is 93.1 cm³/mol. The van der Waals surface area contributed by atoms with E-state index in [0.717, 1.165) is 25.1 Å². The molecule has 1 aliphatic heterocycles. The van der Waals surface area contributed by atoms with Crippen molar-refractivity contribution in [1.29, 1.82) is 0 Å². The summed E-state index contributed by atoms with van der Waals surface area (Å²) in [6.07, 6.45) is 4.34. The first-order valence-corrected chi connectivity index (χ1v) is 9.01. The number of rotatable bonds is 7. The molecule has 0 aromatic carbocycles. The third-order valence-corrected chi connectivity index (χ3v) is 4.41. The molecule has 1 N–H and O–H groups in total. The van der Waals surface area contributed by atoms with Gasteiger partial charge in [0.25, 0.3) is 0 Å². The first-order chi connectivity index (χ1) is 12.5. The molecule has 1 unspecified atom stereocenters. The fraction of sp³-hybridized carbons (Fsp3) is 0.611. The highest BCUT2D eigenvalue weighted by atomic mass is 16.5. The smallest absolute Gasteiger partial charge is 0.220 e. The van der Waals surface area contributed by atoms with Crippen molar-refractivity contribution in [2.75, 3.05) is 6.61 Å². The van der Waals surface area contributed by atoms with E-state index in [1.54, 1.807) is 12.3 Å². The number of carbonyl (C=O) groups is 1. The molecular weight excluding hydrogens is 334 g/mol. The lowest BCUT2D eigenvalue weighted by Crippen LogP contribution is -2.26. The average Bonchev–Trinajstić information content (AvgIpc) is 3.28. The number of hydrogen-bond acceptors (Lipinski definition) is 7. The van der Waals surface area contributed by atoms with Crippen molar-refractivity contribution in [3.05, 3.63) is 35.6 Å². The molecule has 1 amide bonds. The van der Waals surface area contributed by atoms with Crippen molar-refractivity contribution < 1.29 is 13.9 Å². The maximum Gasteiger partial charge on any atom is 0.220 e. The van der Waals surface area contributed by atoms with E-state index in [9.17, 15) is 4.79 Å². The van der Waals surface area contributed by atoms with Gasteiger partial charge in [0.05, 0.1) is 12.2 Å². The van der Waals surface area contributed by atoms with Gasteiger partial charge in [0, 0.05) is 31.6 Å². The van der Waals surface area contributed by atoms with Crippen LogP contribution < -0.4 is 5.32 Å². The predicted octanol–water partition coefficient (Wildman–Crippen LogP) is 2.26. The van der Waals surface area contributed by atoms with E-state index in [-0.39, 0.29) is 11.8 Å². The van der Waals surface area contributed by atoms with Gasteiger partial charge in [0.2, 0.25) is 17.7 Å². The Balaban J connectivity index is 1.49. The normalized spacial score (nSPS) is 19.8. The summed E-state index contributed by atoms with van der Waals surface area (Å²) in [6, 6.07) is 1.80. The van der Waals surface area contributed by atoms with Gasteiger partial charge in [-0.15, -0.1) is 10.2 Å². The van der Waals surface area contributed by atoms with E-state index < -0.39 is 5.60 Å². The zero-order valence-corrected chi connectivity index (χ0v) is 15.5. The minimum absolute atomic E-state index is 0.0854. The van der Waals surface area contributed by atoms with E-state index in [2.05, 4.69) is 25.5 Å². The Morgan fingerprint density at radius 3 is 2.92 bits per heavy atom. The van der Waals surface area contributed by atoms with E-state index >= 15 is 0 Å². The van der Waals surface area contributed by atoms with Crippen LogP contribution in [-0.2, 0) is 28.1 Å². The van der Waals surface area contributed by atoms with Gasteiger partial charge in [-0.2, -0.15) is 0 Å². The van der Waals surface area contributed by atoms with Gasteiger partial charge in [-0.3, -0.25) is 4.79 Å². The lowest BCUT2D eigenvalue weighted by Gasteiger charge is -2.21. The zero-order valence-electron chi connectivity index (χ0n) is 15.5. The van der Waals surface area contributed by atoms with Crippen molar-refractivity contribution >= 4 is 5.91 Å². The van der Waals surface area contributed by atoms with Crippen molar-refractivity contribution in [2.24, 2.45) is 0 Å². The molecule has 3 heterocycles. The highest BCUT2D eigenvalue weighted by molar-refractivity contribution is 5.75. The largest absolute Gasteiger partial charge is 0.425 e. The Labute approximate surface area is 152 Å². The Kier molecular flexibility index (Phi) is 5.61. The fourth-order valence-electron chi connectivity index (χ4n) is 2.80. The fourth-order valence-corrected chi connectivity index (χ4v) is 2.80. The van der Waals surface area contributed by atoms with E-state index in [4.69, 9.17) is 9.15 Å². The zero-order chi connectivity index (χ0) is 18.6. The Hall–Kier alpha value is -2.35. The minimum atomic E-state index is -0.425. The van der Waals surface area contributed by atoms with Gasteiger partial charge < -0.3 is 14.5 Å². The molecule has 8 nitrogen and oxygen atoms in total. The van der Waals surface area contributed by atoms with Crippen LogP contribution in [0.2, 0.25) is 0 Å². The molecule has 1 atom stereocenters. The lowest BCUT2D eigenvalue weighted by atomic mass is 10.0. The second-order valence-electron chi connectivity index (χ2n) is 7.02. The molecule has 140 valence electrons.